The van der Waals surface area contributed by atoms with Crippen molar-refractivity contribution in [2.75, 3.05) is 32.1 Å². The van der Waals surface area contributed by atoms with Gasteiger partial charge in [-0.2, -0.15) is 5.10 Å². The van der Waals surface area contributed by atoms with E-state index in [0.717, 1.165) is 36.7 Å². The first-order valence-electron chi connectivity index (χ1n) is 9.39. The van der Waals surface area contributed by atoms with Gasteiger partial charge in [0, 0.05) is 37.5 Å². The van der Waals surface area contributed by atoms with Crippen molar-refractivity contribution in [2.45, 2.75) is 46.6 Å². The molecule has 0 fully saturated rings. The van der Waals surface area contributed by atoms with Gasteiger partial charge in [0.25, 0.3) is 0 Å². The maximum absolute atomic E-state index is 4.54. The van der Waals surface area contributed by atoms with Gasteiger partial charge in [-0.25, -0.2) is 4.98 Å². The van der Waals surface area contributed by atoms with E-state index < -0.39 is 0 Å². The number of nitrogens with zero attached hydrogens (tertiary/aromatic N) is 4. The van der Waals surface area contributed by atoms with Crippen LogP contribution in [-0.2, 0) is 6.54 Å². The van der Waals surface area contributed by atoms with Crippen LogP contribution in [0, 0.1) is 5.92 Å². The largest absolute Gasteiger partial charge is 0.360 e. The molecule has 0 aliphatic rings. The van der Waals surface area contributed by atoms with Gasteiger partial charge in [-0.1, -0.05) is 27.2 Å². The molecule has 0 spiro atoms. The highest BCUT2D eigenvalue weighted by Crippen LogP contribution is 2.25. The molecule has 0 aliphatic carbocycles. The Morgan fingerprint density at radius 3 is 2.72 bits per heavy atom. The quantitative estimate of drug-likeness (QED) is 0.703. The van der Waals surface area contributed by atoms with Gasteiger partial charge in [0.05, 0.1) is 11.9 Å². The fourth-order valence-corrected chi connectivity index (χ4v) is 2.83. The van der Waals surface area contributed by atoms with E-state index in [2.05, 4.69) is 72.0 Å². The van der Waals surface area contributed by atoms with Gasteiger partial charge in [-0.3, -0.25) is 5.10 Å². The number of rotatable bonds is 10. The lowest BCUT2D eigenvalue weighted by Crippen LogP contribution is -2.21. The molecule has 0 unspecified atom stereocenters. The van der Waals surface area contributed by atoms with E-state index in [9.17, 15) is 0 Å². The predicted molar refractivity (Wildman–Crippen MR) is 106 cm³/mol. The van der Waals surface area contributed by atoms with Crippen molar-refractivity contribution in [1.82, 2.24) is 20.1 Å². The number of hydrogen-bond donors (Lipinski definition) is 1. The van der Waals surface area contributed by atoms with Gasteiger partial charge in [0.2, 0.25) is 0 Å². The Hall–Kier alpha value is -1.88. The van der Waals surface area contributed by atoms with Crippen LogP contribution in [0.15, 0.2) is 24.5 Å². The molecule has 138 valence electrons. The molecule has 0 aromatic carbocycles. The van der Waals surface area contributed by atoms with Crippen LogP contribution in [0.3, 0.4) is 0 Å². The number of aromatic amines is 1. The van der Waals surface area contributed by atoms with E-state index in [0.29, 0.717) is 5.92 Å². The third-order valence-corrected chi connectivity index (χ3v) is 4.52. The lowest BCUT2D eigenvalue weighted by molar-refractivity contribution is 0.321. The summed E-state index contributed by atoms with van der Waals surface area (Å²) in [5.74, 6) is 1.71. The second kappa shape index (κ2) is 9.56. The second-order valence-electron chi connectivity index (χ2n) is 7.37. The summed E-state index contributed by atoms with van der Waals surface area (Å²) in [6.45, 7) is 9.77. The van der Waals surface area contributed by atoms with Crippen LogP contribution in [0.25, 0.3) is 11.3 Å². The average Bonchev–Trinajstić information content (AvgIpc) is 3.06. The monoisotopic (exact) mass is 343 g/mol. The minimum absolute atomic E-state index is 0.698. The molecular weight excluding hydrogens is 310 g/mol. The number of anilines is 1. The van der Waals surface area contributed by atoms with E-state index in [1.807, 2.05) is 12.4 Å². The third-order valence-electron chi connectivity index (χ3n) is 4.52. The molecule has 0 aliphatic heterocycles. The van der Waals surface area contributed by atoms with E-state index in [1.54, 1.807) is 0 Å². The smallest absolute Gasteiger partial charge is 0.128 e. The average molecular weight is 344 g/mol. The summed E-state index contributed by atoms with van der Waals surface area (Å²) in [5.41, 5.74) is 3.49. The van der Waals surface area contributed by atoms with E-state index in [4.69, 9.17) is 0 Å². The molecule has 0 saturated carbocycles. The minimum atomic E-state index is 0.698. The first kappa shape index (κ1) is 19.4. The maximum atomic E-state index is 4.54. The fourth-order valence-electron chi connectivity index (χ4n) is 2.83. The van der Waals surface area contributed by atoms with Crippen molar-refractivity contribution in [3.8, 4) is 11.3 Å². The number of hydrogen-bond acceptors (Lipinski definition) is 4. The first-order valence-corrected chi connectivity index (χ1v) is 9.39. The fraction of sp³-hybridized carbons (Fsp3) is 0.600. The highest BCUT2D eigenvalue weighted by atomic mass is 15.2. The highest BCUT2D eigenvalue weighted by Gasteiger charge is 2.12. The molecule has 1 N–H and O–H groups in total. The molecule has 5 nitrogen and oxygen atoms in total. The summed E-state index contributed by atoms with van der Waals surface area (Å²) < 4.78 is 0. The summed E-state index contributed by atoms with van der Waals surface area (Å²) in [5, 5.41) is 7.46. The number of H-pyrrole nitrogens is 1. The molecule has 0 saturated heterocycles. The molecule has 2 rings (SSSR count). The summed E-state index contributed by atoms with van der Waals surface area (Å²) >= 11 is 0. The highest BCUT2D eigenvalue weighted by molar-refractivity contribution is 5.65. The van der Waals surface area contributed by atoms with Crippen LogP contribution in [-0.4, -0.2) is 47.3 Å². The van der Waals surface area contributed by atoms with Gasteiger partial charge >= 0.3 is 0 Å². The molecule has 5 heteroatoms. The molecule has 2 aromatic heterocycles. The van der Waals surface area contributed by atoms with Crippen LogP contribution in [0.5, 0.6) is 0 Å². The van der Waals surface area contributed by atoms with Crippen LogP contribution >= 0.6 is 0 Å². The lowest BCUT2D eigenvalue weighted by Gasteiger charge is -2.20. The Morgan fingerprint density at radius 1 is 1.20 bits per heavy atom. The lowest BCUT2D eigenvalue weighted by atomic mass is 10.1. The Kier molecular flexibility index (Phi) is 7.44. The molecule has 0 atom stereocenters. The molecule has 0 amide bonds. The Labute approximate surface area is 152 Å². The number of pyridine rings is 1. The van der Waals surface area contributed by atoms with Crippen molar-refractivity contribution in [2.24, 2.45) is 5.92 Å². The Bertz CT molecular complexity index is 635. The Morgan fingerprint density at radius 2 is 2.00 bits per heavy atom. The number of nitrogens with one attached hydrogen (secondary N) is 1. The molecule has 0 radical (unpaired) electrons. The van der Waals surface area contributed by atoms with Crippen LogP contribution in [0.4, 0.5) is 5.82 Å². The van der Waals surface area contributed by atoms with Crippen LogP contribution in [0.1, 0.15) is 45.6 Å². The zero-order valence-corrected chi connectivity index (χ0v) is 16.4. The normalized spacial score (nSPS) is 11.5. The van der Waals surface area contributed by atoms with Crippen molar-refractivity contribution >= 4 is 5.82 Å². The third kappa shape index (κ3) is 5.85. The topological polar surface area (TPSA) is 48.1 Å². The van der Waals surface area contributed by atoms with Crippen molar-refractivity contribution in [3.63, 3.8) is 0 Å². The van der Waals surface area contributed by atoms with E-state index in [1.165, 1.54) is 24.8 Å². The Balaban J connectivity index is 2.12. The van der Waals surface area contributed by atoms with Crippen LogP contribution < -0.4 is 4.90 Å². The van der Waals surface area contributed by atoms with Gasteiger partial charge in [-0.05, 0) is 44.5 Å². The molecule has 0 bridgehead atoms. The van der Waals surface area contributed by atoms with Gasteiger partial charge < -0.3 is 9.80 Å². The number of unbranched alkanes of at least 4 members (excludes halogenated alkanes) is 1. The van der Waals surface area contributed by atoms with Gasteiger partial charge in [0.1, 0.15) is 5.82 Å². The minimum Gasteiger partial charge on any atom is -0.360 e. The molecule has 2 heterocycles. The second-order valence-corrected chi connectivity index (χ2v) is 7.37. The zero-order valence-electron chi connectivity index (χ0n) is 16.4. The summed E-state index contributed by atoms with van der Waals surface area (Å²) in [6.07, 6.45) is 7.45. The molecule has 25 heavy (non-hydrogen) atoms. The number of aromatic nitrogens is 3. The van der Waals surface area contributed by atoms with Crippen LogP contribution in [0.2, 0.25) is 0 Å². The summed E-state index contributed by atoms with van der Waals surface area (Å²) in [7, 11) is 4.28. The SMILES string of the molecule is CCCCN(C)Cc1cn[nH]c1-c1ccnc(N(C)CCC(C)C)c1. The van der Waals surface area contributed by atoms with E-state index in [-0.39, 0.29) is 0 Å². The standard InChI is InChI=1S/C20H33N5/c1-6-7-11-24(4)15-18-14-22-23-20(18)17-8-10-21-19(13-17)25(5)12-9-16(2)3/h8,10,13-14,16H,6-7,9,11-12,15H2,1-5H3,(H,22,23). The van der Waals surface area contributed by atoms with Gasteiger partial charge in [-0.15, -0.1) is 0 Å². The predicted octanol–water partition coefficient (Wildman–Crippen LogP) is 4.19. The van der Waals surface area contributed by atoms with Crippen molar-refractivity contribution < 1.29 is 0 Å². The maximum Gasteiger partial charge on any atom is 0.128 e. The van der Waals surface area contributed by atoms with Crippen molar-refractivity contribution in [3.05, 3.63) is 30.1 Å². The van der Waals surface area contributed by atoms with Gasteiger partial charge in [0.15, 0.2) is 0 Å². The first-order chi connectivity index (χ1) is 12.0. The summed E-state index contributed by atoms with van der Waals surface area (Å²) in [4.78, 5) is 9.12. The molecular formula is C20H33N5. The zero-order chi connectivity index (χ0) is 18.2. The van der Waals surface area contributed by atoms with E-state index >= 15 is 0 Å². The summed E-state index contributed by atoms with van der Waals surface area (Å²) in [6, 6.07) is 4.21. The van der Waals surface area contributed by atoms with Crippen molar-refractivity contribution in [1.29, 1.82) is 0 Å². The molecule has 2 aromatic rings.